The molecule has 3 nitrogen and oxygen atoms in total. The van der Waals surface area contributed by atoms with Gasteiger partial charge in [-0.15, -0.1) is 11.3 Å². The lowest BCUT2D eigenvalue weighted by atomic mass is 10.1. The summed E-state index contributed by atoms with van der Waals surface area (Å²) in [5, 5.41) is 11.6. The fraction of sp³-hybridized carbons (Fsp3) is 0.308. The van der Waals surface area contributed by atoms with E-state index in [-0.39, 0.29) is 5.82 Å². The van der Waals surface area contributed by atoms with Crippen LogP contribution in [-0.4, -0.2) is 17.1 Å². The van der Waals surface area contributed by atoms with Gasteiger partial charge in [0.15, 0.2) is 0 Å². The van der Waals surface area contributed by atoms with Crippen LogP contribution >= 0.6 is 11.3 Å². The molecule has 18 heavy (non-hydrogen) atoms. The van der Waals surface area contributed by atoms with Crippen molar-refractivity contribution in [3.63, 3.8) is 0 Å². The van der Waals surface area contributed by atoms with E-state index < -0.39 is 6.10 Å². The average Bonchev–Trinajstić information content (AvgIpc) is 2.80. The molecule has 2 aromatic rings. The maximum Gasteiger partial charge on any atom is 0.131 e. The molecule has 5 heteroatoms. The third kappa shape index (κ3) is 2.68. The average molecular weight is 266 g/mol. The molecule has 1 N–H and O–H groups in total. The maximum absolute atomic E-state index is 13.7. The Morgan fingerprint density at radius 3 is 2.89 bits per heavy atom. The molecule has 0 bridgehead atoms. The summed E-state index contributed by atoms with van der Waals surface area (Å²) in [6.45, 7) is 2.16. The van der Waals surface area contributed by atoms with Crippen molar-refractivity contribution in [2.24, 2.45) is 0 Å². The normalized spacial score (nSPS) is 12.4. The van der Waals surface area contributed by atoms with Crippen molar-refractivity contribution >= 4 is 17.0 Å². The molecule has 0 saturated carbocycles. The molecule has 0 aliphatic rings. The molecule has 0 fully saturated rings. The highest BCUT2D eigenvalue weighted by Gasteiger charge is 2.16. The molecular weight excluding hydrogens is 251 g/mol. The van der Waals surface area contributed by atoms with Gasteiger partial charge in [0.25, 0.3) is 0 Å². The molecular formula is C13H15FN2OS. The van der Waals surface area contributed by atoms with Gasteiger partial charge in [-0.25, -0.2) is 9.37 Å². The zero-order chi connectivity index (χ0) is 13.1. The van der Waals surface area contributed by atoms with E-state index in [1.54, 1.807) is 24.6 Å². The van der Waals surface area contributed by atoms with Crippen molar-refractivity contribution in [1.29, 1.82) is 0 Å². The molecule has 0 aliphatic carbocycles. The number of halogens is 1. The second-order valence-electron chi connectivity index (χ2n) is 4.18. The first kappa shape index (κ1) is 13.0. The number of aromatic nitrogens is 1. The van der Waals surface area contributed by atoms with Crippen LogP contribution < -0.4 is 4.90 Å². The predicted molar refractivity (Wildman–Crippen MR) is 71.3 cm³/mol. The van der Waals surface area contributed by atoms with Crippen molar-refractivity contribution in [1.82, 2.24) is 4.98 Å². The molecule has 0 amide bonds. The van der Waals surface area contributed by atoms with E-state index in [4.69, 9.17) is 0 Å². The molecule has 0 radical (unpaired) electrons. The van der Waals surface area contributed by atoms with E-state index in [0.717, 1.165) is 5.69 Å². The lowest BCUT2D eigenvalue weighted by Gasteiger charge is -2.23. The minimum Gasteiger partial charge on any atom is -0.389 e. The third-order valence-electron chi connectivity index (χ3n) is 2.74. The highest BCUT2D eigenvalue weighted by atomic mass is 32.1. The molecule has 1 aromatic carbocycles. The summed E-state index contributed by atoms with van der Waals surface area (Å²) in [4.78, 5) is 6.09. The van der Waals surface area contributed by atoms with E-state index in [2.05, 4.69) is 4.98 Å². The molecule has 1 unspecified atom stereocenters. The zero-order valence-corrected chi connectivity index (χ0v) is 11.1. The predicted octanol–water partition coefficient (Wildman–Crippen LogP) is 2.97. The summed E-state index contributed by atoms with van der Waals surface area (Å²) < 4.78 is 13.7. The van der Waals surface area contributed by atoms with Gasteiger partial charge in [0, 0.05) is 23.7 Å². The number of hydrogen-bond acceptors (Lipinski definition) is 4. The van der Waals surface area contributed by atoms with Gasteiger partial charge in [0.1, 0.15) is 5.82 Å². The number of aliphatic hydroxyl groups excluding tert-OH is 1. The number of nitrogens with zero attached hydrogens (tertiary/aromatic N) is 2. The Kier molecular flexibility index (Phi) is 3.93. The summed E-state index contributed by atoms with van der Waals surface area (Å²) in [5.41, 5.74) is 3.72. The quantitative estimate of drug-likeness (QED) is 0.924. The summed E-state index contributed by atoms with van der Waals surface area (Å²) in [6, 6.07) is 4.81. The Labute approximate surface area is 110 Å². The second-order valence-corrected chi connectivity index (χ2v) is 4.90. The van der Waals surface area contributed by atoms with Crippen molar-refractivity contribution in [3.8, 4) is 0 Å². The summed E-state index contributed by atoms with van der Waals surface area (Å²) in [5.74, 6) is -0.382. The van der Waals surface area contributed by atoms with Gasteiger partial charge in [0.2, 0.25) is 0 Å². The summed E-state index contributed by atoms with van der Waals surface area (Å²) in [7, 11) is 1.86. The smallest absolute Gasteiger partial charge is 0.131 e. The van der Waals surface area contributed by atoms with Crippen LogP contribution in [0.1, 0.15) is 24.3 Å². The van der Waals surface area contributed by atoms with Gasteiger partial charge < -0.3 is 10.0 Å². The van der Waals surface area contributed by atoms with Crippen molar-refractivity contribution in [3.05, 3.63) is 46.2 Å². The lowest BCUT2D eigenvalue weighted by Crippen LogP contribution is -2.19. The minimum atomic E-state index is -0.834. The molecule has 96 valence electrons. The van der Waals surface area contributed by atoms with Gasteiger partial charge in [-0.05, 0) is 19.1 Å². The van der Waals surface area contributed by atoms with E-state index in [1.165, 1.54) is 17.4 Å². The van der Waals surface area contributed by atoms with Gasteiger partial charge in [-0.3, -0.25) is 0 Å². The molecule has 0 saturated heterocycles. The largest absolute Gasteiger partial charge is 0.389 e. The topological polar surface area (TPSA) is 36.4 Å². The maximum atomic E-state index is 13.7. The Morgan fingerprint density at radius 1 is 1.50 bits per heavy atom. The van der Waals surface area contributed by atoms with E-state index in [9.17, 15) is 9.50 Å². The SMILES string of the molecule is CC(O)c1c(F)cccc1N(C)Cc1cscn1. The fourth-order valence-electron chi connectivity index (χ4n) is 1.92. The van der Waals surface area contributed by atoms with Gasteiger partial charge in [-0.2, -0.15) is 0 Å². The highest BCUT2D eigenvalue weighted by molar-refractivity contribution is 7.07. The van der Waals surface area contributed by atoms with Crippen molar-refractivity contribution in [2.75, 3.05) is 11.9 Å². The van der Waals surface area contributed by atoms with E-state index in [0.29, 0.717) is 17.8 Å². The first-order valence-corrected chi connectivity index (χ1v) is 6.58. The fourth-order valence-corrected chi connectivity index (χ4v) is 2.47. The zero-order valence-electron chi connectivity index (χ0n) is 10.3. The van der Waals surface area contributed by atoms with Crippen molar-refractivity contribution < 1.29 is 9.50 Å². The Hall–Kier alpha value is -1.46. The number of anilines is 1. The van der Waals surface area contributed by atoms with Crippen LogP contribution in [0.4, 0.5) is 10.1 Å². The first-order chi connectivity index (χ1) is 8.59. The monoisotopic (exact) mass is 266 g/mol. The molecule has 1 aromatic heterocycles. The second kappa shape index (κ2) is 5.46. The van der Waals surface area contributed by atoms with E-state index in [1.807, 2.05) is 17.3 Å². The van der Waals surface area contributed by atoms with Gasteiger partial charge in [-0.1, -0.05) is 6.07 Å². The van der Waals surface area contributed by atoms with E-state index >= 15 is 0 Å². The summed E-state index contributed by atoms with van der Waals surface area (Å²) >= 11 is 1.53. The summed E-state index contributed by atoms with van der Waals surface area (Å²) in [6.07, 6.45) is -0.834. The molecule has 0 aliphatic heterocycles. The molecule has 0 spiro atoms. The van der Waals surface area contributed by atoms with Crippen LogP contribution in [0, 0.1) is 5.82 Å². The van der Waals surface area contributed by atoms with Crippen LogP contribution in [0.15, 0.2) is 29.1 Å². The number of aliphatic hydroxyl groups is 1. The van der Waals surface area contributed by atoms with Gasteiger partial charge in [0.05, 0.1) is 23.9 Å². The highest BCUT2D eigenvalue weighted by Crippen LogP contribution is 2.29. The van der Waals surface area contributed by atoms with Crippen LogP contribution in [-0.2, 0) is 6.54 Å². The van der Waals surface area contributed by atoms with Crippen molar-refractivity contribution in [2.45, 2.75) is 19.6 Å². The minimum absolute atomic E-state index is 0.329. The number of hydrogen-bond donors (Lipinski definition) is 1. The molecule has 2 rings (SSSR count). The molecule has 1 heterocycles. The van der Waals surface area contributed by atoms with Crippen LogP contribution in [0.25, 0.3) is 0 Å². The van der Waals surface area contributed by atoms with Gasteiger partial charge >= 0.3 is 0 Å². The lowest BCUT2D eigenvalue weighted by molar-refractivity contribution is 0.194. The number of rotatable bonds is 4. The number of thiazole rings is 1. The Balaban J connectivity index is 2.29. The van der Waals surface area contributed by atoms with Crippen LogP contribution in [0.2, 0.25) is 0 Å². The van der Waals surface area contributed by atoms with Crippen LogP contribution in [0.3, 0.4) is 0 Å². The first-order valence-electron chi connectivity index (χ1n) is 5.64. The Bertz CT molecular complexity index is 514. The third-order valence-corrected chi connectivity index (χ3v) is 3.38. The standard InChI is InChI=1S/C13H15FN2OS/c1-9(17)13-11(14)4-3-5-12(13)16(2)6-10-7-18-8-15-10/h3-5,7-9,17H,6H2,1-2H3. The Morgan fingerprint density at radius 2 is 2.28 bits per heavy atom. The molecule has 1 atom stereocenters. The number of benzene rings is 1. The van der Waals surface area contributed by atoms with Crippen LogP contribution in [0.5, 0.6) is 0 Å².